The molecule has 0 radical (unpaired) electrons. The minimum absolute atomic E-state index is 0.128. The van der Waals surface area contributed by atoms with Crippen LogP contribution in [0.3, 0.4) is 0 Å². The van der Waals surface area contributed by atoms with Gasteiger partial charge >= 0.3 is 12.0 Å². The average molecular weight is 424 g/mol. The molecule has 0 unspecified atom stereocenters. The molecule has 0 bridgehead atoms. The number of urea groups is 1. The van der Waals surface area contributed by atoms with Crippen LogP contribution in [-0.4, -0.2) is 54.6 Å². The zero-order valence-corrected chi connectivity index (χ0v) is 16.7. The lowest BCUT2D eigenvalue weighted by Crippen LogP contribution is -2.42. The van der Waals surface area contributed by atoms with Crippen molar-refractivity contribution < 1.29 is 23.9 Å². The maximum Gasteiger partial charge on any atom is 0.359 e. The fourth-order valence-electron chi connectivity index (χ4n) is 2.76. The van der Waals surface area contributed by atoms with E-state index in [1.807, 2.05) is 5.32 Å². The summed E-state index contributed by atoms with van der Waals surface area (Å²) >= 11 is 0. The summed E-state index contributed by atoms with van der Waals surface area (Å²) in [6.07, 6.45) is 0. The van der Waals surface area contributed by atoms with E-state index in [-0.39, 0.29) is 24.2 Å². The summed E-state index contributed by atoms with van der Waals surface area (Å²) in [5.41, 5.74) is -0.0574. The molecule has 10 nitrogen and oxygen atoms in total. The molecule has 0 aliphatic carbocycles. The first-order valence-corrected chi connectivity index (χ1v) is 9.32. The second kappa shape index (κ2) is 10.1. The number of hydrogen-bond donors (Lipinski definition) is 2. The Morgan fingerprint density at radius 3 is 2.39 bits per heavy atom. The monoisotopic (exact) mass is 424 g/mol. The minimum atomic E-state index is -0.907. The lowest BCUT2D eigenvalue weighted by Gasteiger charge is -2.11. The Morgan fingerprint density at radius 1 is 1.00 bits per heavy atom. The number of aromatic nitrogens is 2. The maximum atomic E-state index is 12.8. The van der Waals surface area contributed by atoms with E-state index in [0.29, 0.717) is 11.1 Å². The summed E-state index contributed by atoms with van der Waals surface area (Å²) in [6, 6.07) is 14.3. The predicted octanol–water partition coefficient (Wildman–Crippen LogP) is 1.01. The first-order valence-electron chi connectivity index (χ1n) is 9.32. The molecule has 160 valence electrons. The van der Waals surface area contributed by atoms with Crippen molar-refractivity contribution in [2.24, 2.45) is 0 Å². The largest absolute Gasteiger partial charge is 0.451 e. The van der Waals surface area contributed by atoms with Gasteiger partial charge in [-0.25, -0.2) is 9.59 Å². The number of benzene rings is 2. The molecule has 0 aliphatic heterocycles. The van der Waals surface area contributed by atoms with Crippen LogP contribution in [0.4, 0.5) is 4.79 Å². The number of carbonyl (C=O) groups is 3. The molecule has 0 spiro atoms. The molecule has 1 heterocycles. The van der Waals surface area contributed by atoms with Crippen molar-refractivity contribution in [1.29, 1.82) is 0 Å². The number of nitrogens with zero attached hydrogens (tertiary/aromatic N) is 2. The number of para-hydroxylation sites is 1. The number of carbonyl (C=O) groups excluding carboxylic acids is 3. The van der Waals surface area contributed by atoms with Crippen molar-refractivity contribution in [2.75, 3.05) is 26.9 Å². The van der Waals surface area contributed by atoms with Gasteiger partial charge in [0.05, 0.1) is 17.7 Å². The van der Waals surface area contributed by atoms with E-state index in [1.54, 1.807) is 54.6 Å². The molecule has 2 N–H and O–H groups in total. The summed E-state index contributed by atoms with van der Waals surface area (Å²) in [6.45, 7) is -0.199. The molecule has 31 heavy (non-hydrogen) atoms. The van der Waals surface area contributed by atoms with Gasteiger partial charge in [-0.15, -0.1) is 0 Å². The van der Waals surface area contributed by atoms with Crippen molar-refractivity contribution >= 4 is 28.7 Å². The van der Waals surface area contributed by atoms with Crippen molar-refractivity contribution in [3.63, 3.8) is 0 Å². The summed E-state index contributed by atoms with van der Waals surface area (Å²) < 4.78 is 10.9. The first-order chi connectivity index (χ1) is 15.0. The van der Waals surface area contributed by atoms with Crippen molar-refractivity contribution in [2.45, 2.75) is 0 Å². The molecule has 3 amide bonds. The molecule has 3 aromatic rings. The van der Waals surface area contributed by atoms with Gasteiger partial charge in [-0.05, 0) is 18.2 Å². The van der Waals surface area contributed by atoms with Crippen molar-refractivity contribution in [3.05, 3.63) is 70.6 Å². The zero-order chi connectivity index (χ0) is 22.2. The zero-order valence-electron chi connectivity index (χ0n) is 16.7. The third-order valence-electron chi connectivity index (χ3n) is 4.18. The standard InChI is InChI=1S/C21H20N4O6/c1-30-12-11-22-21(29)23-17(26)13-31-20(28)18-15-9-5-6-10-16(15)19(27)25(24-18)14-7-3-2-4-8-14/h2-10H,11-13H2,1H3,(H2,22,23,26,29). The van der Waals surface area contributed by atoms with Crippen molar-refractivity contribution in [3.8, 4) is 5.69 Å². The van der Waals surface area contributed by atoms with E-state index in [4.69, 9.17) is 9.47 Å². The van der Waals surface area contributed by atoms with Gasteiger partial charge < -0.3 is 14.8 Å². The number of imide groups is 1. The van der Waals surface area contributed by atoms with Gasteiger partial charge in [-0.1, -0.05) is 36.4 Å². The van der Waals surface area contributed by atoms with Crippen LogP contribution in [0.1, 0.15) is 10.5 Å². The fraction of sp³-hybridized carbons (Fsp3) is 0.190. The fourth-order valence-corrected chi connectivity index (χ4v) is 2.76. The van der Waals surface area contributed by atoms with Gasteiger partial charge in [0, 0.05) is 19.0 Å². The van der Waals surface area contributed by atoms with Crippen LogP contribution in [0.25, 0.3) is 16.5 Å². The molecule has 0 saturated carbocycles. The van der Waals surface area contributed by atoms with Crippen molar-refractivity contribution in [1.82, 2.24) is 20.4 Å². The molecule has 2 aromatic carbocycles. The highest BCUT2D eigenvalue weighted by Crippen LogP contribution is 2.16. The maximum absolute atomic E-state index is 12.8. The van der Waals surface area contributed by atoms with Crippen LogP contribution in [0.5, 0.6) is 0 Å². The molecule has 1 aromatic heterocycles. The number of ether oxygens (including phenoxy) is 2. The number of fused-ring (bicyclic) bond motifs is 1. The van der Waals surface area contributed by atoms with Gasteiger partial charge in [0.25, 0.3) is 11.5 Å². The lowest BCUT2D eigenvalue weighted by atomic mass is 10.1. The van der Waals surface area contributed by atoms with E-state index in [1.165, 1.54) is 7.11 Å². The van der Waals surface area contributed by atoms with Gasteiger partial charge in [0.15, 0.2) is 12.3 Å². The van der Waals surface area contributed by atoms with Crippen LogP contribution < -0.4 is 16.2 Å². The summed E-state index contributed by atoms with van der Waals surface area (Å²) in [7, 11) is 1.48. The molecule has 0 fully saturated rings. The minimum Gasteiger partial charge on any atom is -0.451 e. The van der Waals surface area contributed by atoms with E-state index in [2.05, 4.69) is 10.4 Å². The number of esters is 1. The summed E-state index contributed by atoms with van der Waals surface area (Å²) in [5.74, 6) is -1.72. The summed E-state index contributed by atoms with van der Waals surface area (Å²) in [5, 5.41) is 9.17. The van der Waals surface area contributed by atoms with Gasteiger partial charge in [-0.2, -0.15) is 9.78 Å². The van der Waals surface area contributed by atoms with E-state index in [9.17, 15) is 19.2 Å². The van der Waals surface area contributed by atoms with E-state index >= 15 is 0 Å². The van der Waals surface area contributed by atoms with Crippen LogP contribution in [0, 0.1) is 0 Å². The molecular weight excluding hydrogens is 404 g/mol. The average Bonchev–Trinajstić information content (AvgIpc) is 2.78. The predicted molar refractivity (Wildman–Crippen MR) is 111 cm³/mol. The Labute approximate surface area is 176 Å². The third kappa shape index (κ3) is 5.31. The van der Waals surface area contributed by atoms with Gasteiger partial charge in [-0.3, -0.25) is 14.9 Å². The SMILES string of the molecule is COCCNC(=O)NC(=O)COC(=O)c1nn(-c2ccccc2)c(=O)c2ccccc12. The van der Waals surface area contributed by atoms with E-state index < -0.39 is 30.1 Å². The molecule has 10 heteroatoms. The Kier molecular flexibility index (Phi) is 7.07. The molecule has 0 saturated heterocycles. The molecule has 3 rings (SSSR count). The van der Waals surface area contributed by atoms with Crippen LogP contribution in [0.2, 0.25) is 0 Å². The van der Waals surface area contributed by atoms with E-state index in [0.717, 1.165) is 4.68 Å². The second-order valence-electron chi connectivity index (χ2n) is 6.32. The van der Waals surface area contributed by atoms with Gasteiger partial charge in [0.1, 0.15) is 0 Å². The highest BCUT2D eigenvalue weighted by Gasteiger charge is 2.20. The molecular formula is C21H20N4O6. The number of hydrogen-bond acceptors (Lipinski definition) is 7. The van der Waals surface area contributed by atoms with Crippen LogP contribution >= 0.6 is 0 Å². The number of methoxy groups -OCH3 is 1. The topological polar surface area (TPSA) is 129 Å². The Hall–Kier alpha value is -4.05. The van der Waals surface area contributed by atoms with Crippen LogP contribution in [-0.2, 0) is 14.3 Å². The third-order valence-corrected chi connectivity index (χ3v) is 4.18. The quantitative estimate of drug-likeness (QED) is 0.428. The Balaban J connectivity index is 1.79. The van der Waals surface area contributed by atoms with Gasteiger partial charge in [0.2, 0.25) is 0 Å². The highest BCUT2D eigenvalue weighted by atomic mass is 16.5. The molecule has 0 aliphatic rings. The Morgan fingerprint density at radius 2 is 1.68 bits per heavy atom. The molecule has 0 atom stereocenters. The summed E-state index contributed by atoms with van der Waals surface area (Å²) in [4.78, 5) is 48.9. The Bertz CT molecular complexity index is 1160. The van der Waals surface area contributed by atoms with Crippen LogP contribution in [0.15, 0.2) is 59.4 Å². The smallest absolute Gasteiger partial charge is 0.359 e. The number of rotatable bonds is 7. The number of nitrogens with one attached hydrogen (secondary N) is 2. The normalized spacial score (nSPS) is 10.5. The first kappa shape index (κ1) is 21.7. The highest BCUT2D eigenvalue weighted by molar-refractivity contribution is 6.03. The number of amides is 3. The second-order valence-corrected chi connectivity index (χ2v) is 6.32. The lowest BCUT2D eigenvalue weighted by molar-refractivity contribution is -0.123.